The summed E-state index contributed by atoms with van der Waals surface area (Å²) in [6.07, 6.45) is 3.34. The average Bonchev–Trinajstić information content (AvgIpc) is 2.96. The molecule has 0 aromatic heterocycles. The van der Waals surface area contributed by atoms with Gasteiger partial charge in [-0.3, -0.25) is 4.79 Å². The van der Waals surface area contributed by atoms with Gasteiger partial charge in [0.2, 0.25) is 0 Å². The van der Waals surface area contributed by atoms with Crippen LogP contribution in [0.3, 0.4) is 0 Å². The molecule has 1 amide bonds. The number of carbonyl (C=O) groups excluding carboxylic acids is 1. The molecule has 1 aliphatic rings. The normalized spacial score (nSPS) is 18.0. The van der Waals surface area contributed by atoms with Crippen LogP contribution in [0, 0.1) is 6.92 Å². The number of hydrogen-bond donors (Lipinski definition) is 2. The van der Waals surface area contributed by atoms with Crippen molar-refractivity contribution in [1.29, 1.82) is 0 Å². The summed E-state index contributed by atoms with van der Waals surface area (Å²) >= 11 is 0. The van der Waals surface area contributed by atoms with Crippen molar-refractivity contribution in [2.75, 3.05) is 25.0 Å². The number of benzene rings is 1. The van der Waals surface area contributed by atoms with E-state index in [1.54, 1.807) is 0 Å². The van der Waals surface area contributed by atoms with Crippen molar-refractivity contribution in [2.24, 2.45) is 0 Å². The Bertz CT molecular complexity index is 454. The van der Waals surface area contributed by atoms with E-state index in [9.17, 15) is 4.79 Å². The molecule has 0 spiro atoms. The van der Waals surface area contributed by atoms with E-state index in [0.717, 1.165) is 43.7 Å². The first kappa shape index (κ1) is 14.9. The van der Waals surface area contributed by atoms with Crippen LogP contribution in [0.2, 0.25) is 0 Å². The van der Waals surface area contributed by atoms with Gasteiger partial charge in [0.05, 0.1) is 11.7 Å². The fourth-order valence-electron chi connectivity index (χ4n) is 2.37. The monoisotopic (exact) mass is 276 g/mol. The summed E-state index contributed by atoms with van der Waals surface area (Å²) in [5.74, 6) is -0.0286. The first-order valence-electron chi connectivity index (χ1n) is 7.45. The van der Waals surface area contributed by atoms with Crippen LogP contribution in [0.1, 0.15) is 42.1 Å². The third kappa shape index (κ3) is 3.97. The second-order valence-electron chi connectivity index (χ2n) is 5.32. The molecule has 2 N–H and O–H groups in total. The number of ether oxygens (including phenoxy) is 1. The largest absolute Gasteiger partial charge is 0.384 e. The molecule has 20 heavy (non-hydrogen) atoms. The van der Waals surface area contributed by atoms with E-state index < -0.39 is 0 Å². The zero-order chi connectivity index (χ0) is 14.4. The Morgan fingerprint density at radius 2 is 2.30 bits per heavy atom. The van der Waals surface area contributed by atoms with Gasteiger partial charge in [0.15, 0.2) is 0 Å². The van der Waals surface area contributed by atoms with Gasteiger partial charge in [-0.2, -0.15) is 0 Å². The Balaban J connectivity index is 1.99. The molecule has 0 aliphatic carbocycles. The summed E-state index contributed by atoms with van der Waals surface area (Å²) < 4.78 is 5.52. The molecule has 1 heterocycles. The highest BCUT2D eigenvalue weighted by molar-refractivity contribution is 5.99. The van der Waals surface area contributed by atoms with Crippen LogP contribution < -0.4 is 10.6 Å². The van der Waals surface area contributed by atoms with Crippen LogP contribution >= 0.6 is 0 Å². The van der Waals surface area contributed by atoms with E-state index >= 15 is 0 Å². The van der Waals surface area contributed by atoms with Gasteiger partial charge in [0.25, 0.3) is 5.91 Å². The van der Waals surface area contributed by atoms with Crippen LogP contribution in [0.4, 0.5) is 5.69 Å². The van der Waals surface area contributed by atoms with Crippen molar-refractivity contribution < 1.29 is 9.53 Å². The average molecular weight is 276 g/mol. The van der Waals surface area contributed by atoms with E-state index in [1.165, 1.54) is 0 Å². The predicted molar refractivity (Wildman–Crippen MR) is 81.3 cm³/mol. The van der Waals surface area contributed by atoms with Crippen molar-refractivity contribution in [3.63, 3.8) is 0 Å². The van der Waals surface area contributed by atoms with Crippen molar-refractivity contribution in [2.45, 2.75) is 39.2 Å². The molecule has 1 aromatic carbocycles. The molecule has 1 saturated heterocycles. The second kappa shape index (κ2) is 7.29. The van der Waals surface area contributed by atoms with Crippen LogP contribution in [-0.2, 0) is 4.74 Å². The number of anilines is 1. The minimum absolute atomic E-state index is 0.0286. The summed E-state index contributed by atoms with van der Waals surface area (Å²) in [6.45, 7) is 6.43. The third-order valence-corrected chi connectivity index (χ3v) is 3.50. The Labute approximate surface area is 120 Å². The van der Waals surface area contributed by atoms with Gasteiger partial charge in [-0.1, -0.05) is 13.0 Å². The number of aryl methyl sites for hydroxylation is 1. The molecule has 4 nitrogen and oxygen atoms in total. The van der Waals surface area contributed by atoms with E-state index in [-0.39, 0.29) is 12.0 Å². The zero-order valence-electron chi connectivity index (χ0n) is 12.4. The summed E-state index contributed by atoms with van der Waals surface area (Å²) in [5, 5.41) is 6.29. The molecule has 0 bridgehead atoms. The highest BCUT2D eigenvalue weighted by atomic mass is 16.5. The zero-order valence-corrected chi connectivity index (χ0v) is 12.4. The molecule has 0 saturated carbocycles. The maximum atomic E-state index is 12.3. The van der Waals surface area contributed by atoms with Crippen molar-refractivity contribution in [3.05, 3.63) is 29.3 Å². The molecule has 1 unspecified atom stereocenters. The fourth-order valence-corrected chi connectivity index (χ4v) is 2.37. The Morgan fingerprint density at radius 1 is 1.45 bits per heavy atom. The quantitative estimate of drug-likeness (QED) is 0.840. The van der Waals surface area contributed by atoms with Crippen molar-refractivity contribution in [3.8, 4) is 0 Å². The number of rotatable bonds is 6. The smallest absolute Gasteiger partial charge is 0.253 e. The molecule has 1 aliphatic heterocycles. The second-order valence-corrected chi connectivity index (χ2v) is 5.32. The van der Waals surface area contributed by atoms with Crippen LogP contribution in [0.15, 0.2) is 18.2 Å². The molecule has 2 rings (SSSR count). The maximum absolute atomic E-state index is 12.3. The first-order chi connectivity index (χ1) is 9.70. The molecule has 0 radical (unpaired) electrons. The van der Waals surface area contributed by atoms with Gasteiger partial charge >= 0.3 is 0 Å². The number of nitrogens with one attached hydrogen (secondary N) is 2. The van der Waals surface area contributed by atoms with Gasteiger partial charge in [0.1, 0.15) is 0 Å². The molecule has 4 heteroatoms. The van der Waals surface area contributed by atoms with Crippen LogP contribution in [0.5, 0.6) is 0 Å². The standard InChI is InChI=1S/C16H24N2O2/c1-3-8-17-15-10-12(2)6-7-14(15)16(19)18-11-13-5-4-9-20-13/h6-7,10,13,17H,3-5,8-9,11H2,1-2H3,(H,18,19). The lowest BCUT2D eigenvalue weighted by Crippen LogP contribution is -2.32. The van der Waals surface area contributed by atoms with Gasteiger partial charge < -0.3 is 15.4 Å². The van der Waals surface area contributed by atoms with Crippen molar-refractivity contribution >= 4 is 11.6 Å². The summed E-state index contributed by atoms with van der Waals surface area (Å²) in [4.78, 5) is 12.3. The number of hydrogen-bond acceptors (Lipinski definition) is 3. The highest BCUT2D eigenvalue weighted by Crippen LogP contribution is 2.18. The lowest BCUT2D eigenvalue weighted by molar-refractivity contribution is 0.0858. The molecule has 1 fully saturated rings. The lowest BCUT2D eigenvalue weighted by Gasteiger charge is -2.14. The van der Waals surface area contributed by atoms with E-state index in [4.69, 9.17) is 4.74 Å². The molecular weight excluding hydrogens is 252 g/mol. The summed E-state index contributed by atoms with van der Waals surface area (Å²) in [6, 6.07) is 5.88. The van der Waals surface area contributed by atoms with Crippen LogP contribution in [-0.4, -0.2) is 31.7 Å². The van der Waals surface area contributed by atoms with Crippen molar-refractivity contribution in [1.82, 2.24) is 5.32 Å². The van der Waals surface area contributed by atoms with E-state index in [2.05, 4.69) is 17.6 Å². The number of carbonyl (C=O) groups is 1. The minimum atomic E-state index is -0.0286. The SMILES string of the molecule is CCCNc1cc(C)ccc1C(=O)NCC1CCCO1. The summed E-state index contributed by atoms with van der Waals surface area (Å²) in [7, 11) is 0. The molecule has 110 valence electrons. The Morgan fingerprint density at radius 3 is 3.00 bits per heavy atom. The van der Waals surface area contributed by atoms with E-state index in [0.29, 0.717) is 12.1 Å². The highest BCUT2D eigenvalue weighted by Gasteiger charge is 2.17. The van der Waals surface area contributed by atoms with Crippen LogP contribution in [0.25, 0.3) is 0 Å². The molecular formula is C16H24N2O2. The fraction of sp³-hybridized carbons (Fsp3) is 0.562. The molecule has 1 aromatic rings. The lowest BCUT2D eigenvalue weighted by atomic mass is 10.1. The minimum Gasteiger partial charge on any atom is -0.384 e. The molecule has 1 atom stereocenters. The first-order valence-corrected chi connectivity index (χ1v) is 7.45. The Kier molecular flexibility index (Phi) is 5.41. The van der Waals surface area contributed by atoms with E-state index in [1.807, 2.05) is 25.1 Å². The van der Waals surface area contributed by atoms with Gasteiger partial charge in [-0.25, -0.2) is 0 Å². The topological polar surface area (TPSA) is 50.4 Å². The number of amides is 1. The predicted octanol–water partition coefficient (Wildman–Crippen LogP) is 2.73. The van der Waals surface area contributed by atoms with Gasteiger partial charge in [0, 0.05) is 25.4 Å². The van der Waals surface area contributed by atoms with Gasteiger partial charge in [-0.05, 0) is 43.9 Å². The maximum Gasteiger partial charge on any atom is 0.253 e. The Hall–Kier alpha value is -1.55. The summed E-state index contributed by atoms with van der Waals surface area (Å²) in [5.41, 5.74) is 2.78. The third-order valence-electron chi connectivity index (χ3n) is 3.50. The van der Waals surface area contributed by atoms with Gasteiger partial charge in [-0.15, -0.1) is 0 Å².